The van der Waals surface area contributed by atoms with E-state index < -0.39 is 18.1 Å². The van der Waals surface area contributed by atoms with Gasteiger partial charge < -0.3 is 14.8 Å². The maximum absolute atomic E-state index is 12.1. The number of hydrogen-bond donors (Lipinski definition) is 1. The summed E-state index contributed by atoms with van der Waals surface area (Å²) in [6, 6.07) is -0.503. The van der Waals surface area contributed by atoms with Crippen LogP contribution in [0.2, 0.25) is 0 Å². The molecule has 31 heavy (non-hydrogen) atoms. The summed E-state index contributed by atoms with van der Waals surface area (Å²) in [7, 11) is 1.39. The number of nitrogens with one attached hydrogen (secondary N) is 1. The highest BCUT2D eigenvalue weighted by Gasteiger charge is 2.39. The molecule has 0 aromatic rings. The van der Waals surface area contributed by atoms with Crippen molar-refractivity contribution in [3.05, 3.63) is 48.6 Å². The van der Waals surface area contributed by atoms with Crippen molar-refractivity contribution in [2.45, 2.75) is 76.3 Å². The molecule has 0 radical (unpaired) electrons. The normalized spacial score (nSPS) is 20.2. The number of carbonyl (C=O) groups excluding carboxylic acids is 2. The van der Waals surface area contributed by atoms with Gasteiger partial charge in [0.15, 0.2) is 0 Å². The van der Waals surface area contributed by atoms with Crippen molar-refractivity contribution in [3.63, 3.8) is 0 Å². The first-order chi connectivity index (χ1) is 14.7. The SMILES string of the molecule is COC(=O)CCC[C@@H]1O[C@H]1/C=C/C=C/C=C\C/C=C\CCC[C@H](C)NC(=O)C(F)(F)F. The molecule has 5 nitrogen and oxygen atoms in total. The van der Waals surface area contributed by atoms with Gasteiger partial charge in [0.2, 0.25) is 0 Å². The third kappa shape index (κ3) is 13.5. The molecule has 1 aliphatic rings. The van der Waals surface area contributed by atoms with E-state index in [2.05, 4.69) is 4.74 Å². The highest BCUT2D eigenvalue weighted by molar-refractivity contribution is 5.81. The maximum atomic E-state index is 12.1. The van der Waals surface area contributed by atoms with Crippen molar-refractivity contribution in [2.75, 3.05) is 7.11 Å². The molecule has 1 amide bonds. The number of ether oxygens (including phenoxy) is 2. The Kier molecular flexibility index (Phi) is 12.6. The van der Waals surface area contributed by atoms with Crippen molar-refractivity contribution < 1.29 is 32.2 Å². The second-order valence-corrected chi connectivity index (χ2v) is 7.32. The van der Waals surface area contributed by atoms with E-state index in [1.54, 1.807) is 6.92 Å². The Balaban J connectivity index is 2.03. The van der Waals surface area contributed by atoms with E-state index in [-0.39, 0.29) is 18.2 Å². The summed E-state index contributed by atoms with van der Waals surface area (Å²) in [5.74, 6) is -2.08. The zero-order chi connectivity index (χ0) is 23.1. The zero-order valence-electron chi connectivity index (χ0n) is 18.1. The summed E-state index contributed by atoms with van der Waals surface area (Å²) in [6.07, 6.45) is 15.9. The number of halogens is 3. The van der Waals surface area contributed by atoms with Gasteiger partial charge in [0, 0.05) is 12.5 Å². The van der Waals surface area contributed by atoms with Gasteiger partial charge in [0.05, 0.1) is 13.2 Å². The van der Waals surface area contributed by atoms with E-state index in [1.807, 2.05) is 53.9 Å². The van der Waals surface area contributed by atoms with Gasteiger partial charge in [-0.2, -0.15) is 13.2 Å². The average molecular weight is 444 g/mol. The number of allylic oxidation sites excluding steroid dienone is 7. The third-order valence-electron chi connectivity index (χ3n) is 4.57. The fraction of sp³-hybridized carbons (Fsp3) is 0.565. The van der Waals surface area contributed by atoms with Crippen molar-refractivity contribution in [1.82, 2.24) is 5.32 Å². The number of epoxide rings is 1. The lowest BCUT2D eigenvalue weighted by Crippen LogP contribution is -2.41. The van der Waals surface area contributed by atoms with Crippen LogP contribution in [0, 0.1) is 0 Å². The van der Waals surface area contributed by atoms with E-state index in [0.717, 1.165) is 25.7 Å². The zero-order valence-corrected chi connectivity index (χ0v) is 18.1. The van der Waals surface area contributed by atoms with E-state index in [1.165, 1.54) is 7.11 Å². The Morgan fingerprint density at radius 1 is 1.10 bits per heavy atom. The highest BCUT2D eigenvalue weighted by Crippen LogP contribution is 2.28. The summed E-state index contributed by atoms with van der Waals surface area (Å²) in [5.41, 5.74) is 0. The number of hydrogen-bond acceptors (Lipinski definition) is 4. The molecule has 1 saturated heterocycles. The van der Waals surface area contributed by atoms with Crippen molar-refractivity contribution in [2.24, 2.45) is 0 Å². The Bertz CT molecular complexity index is 668. The summed E-state index contributed by atoms with van der Waals surface area (Å²) in [5, 5.41) is 1.95. The van der Waals surface area contributed by atoms with Crippen molar-refractivity contribution >= 4 is 11.9 Å². The van der Waals surface area contributed by atoms with Crippen LogP contribution in [0.25, 0.3) is 0 Å². The molecule has 1 N–H and O–H groups in total. The van der Waals surface area contributed by atoms with Gasteiger partial charge in [0.1, 0.15) is 6.10 Å². The van der Waals surface area contributed by atoms with Crippen LogP contribution in [0.3, 0.4) is 0 Å². The molecule has 1 rings (SSSR count). The van der Waals surface area contributed by atoms with Gasteiger partial charge in [-0.25, -0.2) is 0 Å². The molecular formula is C23H32F3NO4. The molecule has 3 atom stereocenters. The smallest absolute Gasteiger partial charge is 0.469 e. The maximum Gasteiger partial charge on any atom is 0.471 e. The van der Waals surface area contributed by atoms with Crippen molar-refractivity contribution in [1.29, 1.82) is 0 Å². The average Bonchev–Trinajstić information content (AvgIpc) is 3.45. The van der Waals surface area contributed by atoms with Crippen LogP contribution in [-0.4, -0.2) is 43.4 Å². The van der Waals surface area contributed by atoms with Gasteiger partial charge in [-0.1, -0.05) is 48.6 Å². The number of rotatable bonds is 14. The Hall–Kier alpha value is -2.35. The molecule has 1 fully saturated rings. The monoisotopic (exact) mass is 443 g/mol. The van der Waals surface area contributed by atoms with Gasteiger partial charge in [-0.3, -0.25) is 9.59 Å². The molecule has 0 aliphatic carbocycles. The molecule has 174 valence electrons. The van der Waals surface area contributed by atoms with Crippen LogP contribution < -0.4 is 5.32 Å². The second kappa shape index (κ2) is 14.6. The van der Waals surface area contributed by atoms with E-state index in [0.29, 0.717) is 19.3 Å². The minimum absolute atomic E-state index is 0.124. The first kappa shape index (κ1) is 26.7. The Morgan fingerprint density at radius 2 is 1.84 bits per heavy atom. The van der Waals surface area contributed by atoms with Crippen LogP contribution in [-0.2, 0) is 19.1 Å². The van der Waals surface area contributed by atoms with Gasteiger partial charge in [-0.15, -0.1) is 0 Å². The summed E-state index contributed by atoms with van der Waals surface area (Å²) in [6.45, 7) is 1.57. The molecule has 0 aromatic carbocycles. The molecule has 0 aromatic heterocycles. The standard InChI is InChI=1S/C23H32F3NO4/c1-18(27-22(29)23(24,25)26)14-11-9-7-5-3-4-6-8-10-12-15-19-20(31-19)16-13-17-21(28)30-2/h4-8,10,12,15,18-20H,3,9,11,13-14,16-17H2,1-2H3,(H,27,29)/b6-4-,7-5-,10-8+,15-12+/t18-,19-,20-/m0/s1. The minimum Gasteiger partial charge on any atom is -0.469 e. The highest BCUT2D eigenvalue weighted by atomic mass is 19.4. The van der Waals surface area contributed by atoms with Gasteiger partial charge in [0.25, 0.3) is 0 Å². The van der Waals surface area contributed by atoms with Gasteiger partial charge >= 0.3 is 18.1 Å². The first-order valence-corrected chi connectivity index (χ1v) is 10.5. The molecule has 0 saturated carbocycles. The number of alkyl halides is 3. The quantitative estimate of drug-likeness (QED) is 0.136. The van der Waals surface area contributed by atoms with Gasteiger partial charge in [-0.05, 0) is 45.4 Å². The molecule has 0 spiro atoms. The predicted octanol–water partition coefficient (Wildman–Crippen LogP) is 4.95. The molecular weight excluding hydrogens is 411 g/mol. The fourth-order valence-electron chi connectivity index (χ4n) is 2.78. The number of esters is 1. The predicted molar refractivity (Wildman–Crippen MR) is 113 cm³/mol. The van der Waals surface area contributed by atoms with Crippen LogP contribution in [0.5, 0.6) is 0 Å². The number of methoxy groups -OCH3 is 1. The lowest BCUT2D eigenvalue weighted by Gasteiger charge is -2.14. The molecule has 0 bridgehead atoms. The largest absolute Gasteiger partial charge is 0.471 e. The molecule has 1 heterocycles. The summed E-state index contributed by atoms with van der Waals surface area (Å²) < 4.78 is 46.5. The van der Waals surface area contributed by atoms with Crippen molar-refractivity contribution in [3.8, 4) is 0 Å². The van der Waals surface area contributed by atoms with E-state index >= 15 is 0 Å². The minimum atomic E-state index is -4.83. The molecule has 0 unspecified atom stereocenters. The number of amides is 1. The van der Waals surface area contributed by atoms with E-state index in [4.69, 9.17) is 4.74 Å². The van der Waals surface area contributed by atoms with Crippen LogP contribution >= 0.6 is 0 Å². The number of carbonyl (C=O) groups is 2. The van der Waals surface area contributed by atoms with Crippen LogP contribution in [0.1, 0.15) is 51.9 Å². The summed E-state index contributed by atoms with van der Waals surface area (Å²) >= 11 is 0. The Labute approximate surface area is 182 Å². The third-order valence-corrected chi connectivity index (χ3v) is 4.57. The molecule has 1 aliphatic heterocycles. The van der Waals surface area contributed by atoms with E-state index in [9.17, 15) is 22.8 Å². The lowest BCUT2D eigenvalue weighted by atomic mass is 10.1. The van der Waals surface area contributed by atoms with Crippen LogP contribution in [0.4, 0.5) is 13.2 Å². The summed E-state index contributed by atoms with van der Waals surface area (Å²) in [4.78, 5) is 21.8. The fourth-order valence-corrected chi connectivity index (χ4v) is 2.78. The topological polar surface area (TPSA) is 67.9 Å². The molecule has 8 heteroatoms. The van der Waals surface area contributed by atoms with Crippen LogP contribution in [0.15, 0.2) is 48.6 Å². The number of unbranched alkanes of at least 4 members (excludes halogenated alkanes) is 1. The lowest BCUT2D eigenvalue weighted by molar-refractivity contribution is -0.174. The Morgan fingerprint density at radius 3 is 2.55 bits per heavy atom. The second-order valence-electron chi connectivity index (χ2n) is 7.32. The first-order valence-electron chi connectivity index (χ1n) is 10.5.